The molecular formula is C13H16Br2N2O. The molecule has 5 heteroatoms. The highest BCUT2D eigenvalue weighted by atomic mass is 79.9. The second-order valence-corrected chi connectivity index (χ2v) is 6.62. The van der Waals surface area contributed by atoms with Gasteiger partial charge < -0.3 is 10.2 Å². The number of rotatable bonds is 3. The third-order valence-electron chi connectivity index (χ3n) is 3.16. The van der Waals surface area contributed by atoms with E-state index >= 15 is 0 Å². The maximum Gasteiger partial charge on any atom is 0.251 e. The molecule has 0 saturated carbocycles. The summed E-state index contributed by atoms with van der Waals surface area (Å²) in [5.41, 5.74) is 0.683. The zero-order chi connectivity index (χ0) is 13.1. The van der Waals surface area contributed by atoms with Gasteiger partial charge in [0.25, 0.3) is 5.91 Å². The zero-order valence-electron chi connectivity index (χ0n) is 10.2. The molecule has 0 aromatic heterocycles. The van der Waals surface area contributed by atoms with E-state index in [0.717, 1.165) is 28.6 Å². The fourth-order valence-electron chi connectivity index (χ4n) is 2.22. The van der Waals surface area contributed by atoms with Crippen molar-refractivity contribution in [1.29, 1.82) is 0 Å². The number of benzene rings is 1. The van der Waals surface area contributed by atoms with Gasteiger partial charge in [-0.05, 0) is 44.1 Å². The highest BCUT2D eigenvalue weighted by molar-refractivity contribution is 9.11. The average Bonchev–Trinajstić information content (AvgIpc) is 2.70. The number of hydrogen-bond donors (Lipinski definition) is 1. The summed E-state index contributed by atoms with van der Waals surface area (Å²) < 4.78 is 1.81. The van der Waals surface area contributed by atoms with E-state index in [4.69, 9.17) is 0 Å². The van der Waals surface area contributed by atoms with Crippen LogP contribution in [0, 0.1) is 5.92 Å². The van der Waals surface area contributed by atoms with Crippen LogP contribution >= 0.6 is 31.9 Å². The van der Waals surface area contributed by atoms with E-state index in [-0.39, 0.29) is 5.91 Å². The average molecular weight is 376 g/mol. The van der Waals surface area contributed by atoms with E-state index in [1.807, 2.05) is 18.2 Å². The van der Waals surface area contributed by atoms with Gasteiger partial charge in [0.1, 0.15) is 0 Å². The van der Waals surface area contributed by atoms with Crippen LogP contribution in [0.25, 0.3) is 0 Å². The lowest BCUT2D eigenvalue weighted by atomic mass is 10.1. The summed E-state index contributed by atoms with van der Waals surface area (Å²) in [6.07, 6.45) is 1.17. The Bertz CT molecular complexity index is 430. The summed E-state index contributed by atoms with van der Waals surface area (Å²) in [6, 6.07) is 5.59. The predicted octanol–water partition coefficient (Wildman–Crippen LogP) is 2.89. The molecular weight excluding hydrogens is 360 g/mol. The minimum Gasteiger partial charge on any atom is -0.352 e. The summed E-state index contributed by atoms with van der Waals surface area (Å²) in [5, 5.41) is 3.01. The van der Waals surface area contributed by atoms with Gasteiger partial charge >= 0.3 is 0 Å². The van der Waals surface area contributed by atoms with E-state index in [1.54, 1.807) is 0 Å². The van der Waals surface area contributed by atoms with Crippen molar-refractivity contribution >= 4 is 37.8 Å². The number of nitrogens with zero attached hydrogens (tertiary/aromatic N) is 1. The molecule has 1 N–H and O–H groups in total. The molecule has 1 atom stereocenters. The Morgan fingerprint density at radius 2 is 2.06 bits per heavy atom. The molecule has 1 saturated heterocycles. The van der Waals surface area contributed by atoms with Crippen LogP contribution in [0.4, 0.5) is 0 Å². The van der Waals surface area contributed by atoms with Crippen LogP contribution in [-0.2, 0) is 0 Å². The summed E-state index contributed by atoms with van der Waals surface area (Å²) in [7, 11) is 2.12. The van der Waals surface area contributed by atoms with E-state index in [9.17, 15) is 4.79 Å². The molecule has 1 unspecified atom stereocenters. The lowest BCUT2D eigenvalue weighted by Gasteiger charge is -2.12. The van der Waals surface area contributed by atoms with Crippen molar-refractivity contribution in [3.8, 4) is 0 Å². The Balaban J connectivity index is 1.91. The van der Waals surface area contributed by atoms with E-state index < -0.39 is 0 Å². The minimum absolute atomic E-state index is 0.00782. The Labute approximate surface area is 124 Å². The maximum absolute atomic E-state index is 12.0. The predicted molar refractivity (Wildman–Crippen MR) is 79.8 cm³/mol. The first kappa shape index (κ1) is 14.0. The Hall–Kier alpha value is -0.390. The minimum atomic E-state index is -0.00782. The van der Waals surface area contributed by atoms with E-state index in [0.29, 0.717) is 11.5 Å². The van der Waals surface area contributed by atoms with E-state index in [1.165, 1.54) is 6.42 Å². The lowest BCUT2D eigenvalue weighted by molar-refractivity contribution is 0.0947. The monoisotopic (exact) mass is 374 g/mol. The Morgan fingerprint density at radius 1 is 1.39 bits per heavy atom. The second kappa shape index (κ2) is 6.17. The third kappa shape index (κ3) is 3.80. The molecule has 0 spiro atoms. The Morgan fingerprint density at radius 3 is 2.61 bits per heavy atom. The highest BCUT2D eigenvalue weighted by Crippen LogP contribution is 2.20. The lowest BCUT2D eigenvalue weighted by Crippen LogP contribution is -2.30. The molecule has 1 aliphatic rings. The fraction of sp³-hybridized carbons (Fsp3) is 0.462. The first-order valence-electron chi connectivity index (χ1n) is 5.97. The molecule has 1 amide bonds. The normalized spacial score (nSPS) is 20.1. The molecule has 0 bridgehead atoms. The summed E-state index contributed by atoms with van der Waals surface area (Å²) in [4.78, 5) is 14.3. The molecule has 1 fully saturated rings. The molecule has 1 aromatic rings. The van der Waals surface area contributed by atoms with Gasteiger partial charge in [-0.3, -0.25) is 4.79 Å². The second-order valence-electron chi connectivity index (χ2n) is 4.79. The van der Waals surface area contributed by atoms with Gasteiger partial charge in [-0.2, -0.15) is 0 Å². The van der Waals surface area contributed by atoms with Crippen molar-refractivity contribution in [3.05, 3.63) is 32.7 Å². The highest BCUT2D eigenvalue weighted by Gasteiger charge is 2.20. The molecule has 2 rings (SSSR count). The number of hydrogen-bond acceptors (Lipinski definition) is 2. The summed E-state index contributed by atoms with van der Waals surface area (Å²) in [5.74, 6) is 0.570. The van der Waals surface area contributed by atoms with Crippen LogP contribution in [0.1, 0.15) is 16.8 Å². The number of carbonyl (C=O) groups excluding carboxylic acids is 1. The topological polar surface area (TPSA) is 32.3 Å². The smallest absolute Gasteiger partial charge is 0.251 e. The van der Waals surface area contributed by atoms with Crippen molar-refractivity contribution in [2.24, 2.45) is 5.92 Å². The third-order valence-corrected chi connectivity index (χ3v) is 4.08. The molecule has 3 nitrogen and oxygen atoms in total. The quantitative estimate of drug-likeness (QED) is 0.880. The first-order chi connectivity index (χ1) is 8.54. The van der Waals surface area contributed by atoms with Crippen LogP contribution in [-0.4, -0.2) is 37.5 Å². The number of halogens is 2. The van der Waals surface area contributed by atoms with Crippen molar-refractivity contribution in [3.63, 3.8) is 0 Å². The van der Waals surface area contributed by atoms with Gasteiger partial charge in [0.2, 0.25) is 0 Å². The maximum atomic E-state index is 12.0. The summed E-state index contributed by atoms with van der Waals surface area (Å²) in [6.45, 7) is 2.96. The molecule has 18 heavy (non-hydrogen) atoms. The Kier molecular flexibility index (Phi) is 4.81. The van der Waals surface area contributed by atoms with Crippen LogP contribution < -0.4 is 5.32 Å². The fourth-order valence-corrected chi connectivity index (χ4v) is 3.51. The SMILES string of the molecule is CN1CCC(CNC(=O)c2cc(Br)cc(Br)c2)C1. The van der Waals surface area contributed by atoms with Gasteiger partial charge in [-0.25, -0.2) is 0 Å². The number of likely N-dealkylation sites (tertiary alicyclic amines) is 1. The largest absolute Gasteiger partial charge is 0.352 e. The van der Waals surface area contributed by atoms with Crippen molar-refractivity contribution in [1.82, 2.24) is 10.2 Å². The van der Waals surface area contributed by atoms with Crippen LogP contribution in [0.15, 0.2) is 27.1 Å². The van der Waals surface area contributed by atoms with Gasteiger partial charge in [0, 0.05) is 27.6 Å². The number of amides is 1. The van der Waals surface area contributed by atoms with Crippen molar-refractivity contribution in [2.75, 3.05) is 26.7 Å². The van der Waals surface area contributed by atoms with Gasteiger partial charge in [0.05, 0.1) is 0 Å². The zero-order valence-corrected chi connectivity index (χ0v) is 13.4. The van der Waals surface area contributed by atoms with Gasteiger partial charge in [-0.15, -0.1) is 0 Å². The van der Waals surface area contributed by atoms with Crippen molar-refractivity contribution in [2.45, 2.75) is 6.42 Å². The van der Waals surface area contributed by atoms with Crippen LogP contribution in [0.3, 0.4) is 0 Å². The number of carbonyl (C=O) groups is 1. The molecule has 98 valence electrons. The molecule has 1 aromatic carbocycles. The first-order valence-corrected chi connectivity index (χ1v) is 7.56. The van der Waals surface area contributed by atoms with E-state index in [2.05, 4.69) is 49.1 Å². The van der Waals surface area contributed by atoms with Crippen molar-refractivity contribution < 1.29 is 4.79 Å². The van der Waals surface area contributed by atoms with Gasteiger partial charge in [0.15, 0.2) is 0 Å². The van der Waals surface area contributed by atoms with Crippen LogP contribution in [0.5, 0.6) is 0 Å². The molecule has 1 heterocycles. The van der Waals surface area contributed by atoms with Crippen LogP contribution in [0.2, 0.25) is 0 Å². The number of nitrogens with one attached hydrogen (secondary N) is 1. The van der Waals surface area contributed by atoms with Gasteiger partial charge in [-0.1, -0.05) is 31.9 Å². The summed E-state index contributed by atoms with van der Waals surface area (Å²) >= 11 is 6.78. The molecule has 0 aliphatic carbocycles. The molecule has 1 aliphatic heterocycles. The molecule has 0 radical (unpaired) electrons. The standard InChI is InChI=1S/C13H16Br2N2O/c1-17-3-2-9(8-17)7-16-13(18)10-4-11(14)6-12(15)5-10/h4-6,9H,2-3,7-8H2,1H3,(H,16,18).